The number of ether oxygens (including phenoxy) is 2. The van der Waals surface area contributed by atoms with Crippen molar-refractivity contribution in [2.75, 3.05) is 40.8 Å². The summed E-state index contributed by atoms with van der Waals surface area (Å²) in [6.45, 7) is 7.87. The number of hydrogen-bond donors (Lipinski definition) is 2. The van der Waals surface area contributed by atoms with Gasteiger partial charge in [-0.3, -0.25) is 4.79 Å². The summed E-state index contributed by atoms with van der Waals surface area (Å²) in [5.41, 5.74) is 2.53. The fourth-order valence-corrected chi connectivity index (χ4v) is 5.76. The van der Waals surface area contributed by atoms with Gasteiger partial charge >= 0.3 is 18.2 Å². The van der Waals surface area contributed by atoms with Gasteiger partial charge in [-0.25, -0.2) is 9.59 Å². The van der Waals surface area contributed by atoms with Crippen molar-refractivity contribution in [1.29, 1.82) is 0 Å². The van der Waals surface area contributed by atoms with E-state index < -0.39 is 30.4 Å². The number of aliphatic hydroxyl groups is 1. The van der Waals surface area contributed by atoms with Gasteiger partial charge in [-0.2, -0.15) is 0 Å². The van der Waals surface area contributed by atoms with Gasteiger partial charge in [-0.1, -0.05) is 50.3 Å². The summed E-state index contributed by atoms with van der Waals surface area (Å²) in [4.78, 5) is 41.9. The highest BCUT2D eigenvalue weighted by atomic mass is 16.6. The van der Waals surface area contributed by atoms with Crippen LogP contribution >= 0.6 is 0 Å². The third-order valence-electron chi connectivity index (χ3n) is 8.22. The maximum absolute atomic E-state index is 12.9. The standard InChI is InChI=1S/C32H47N3O7/c1-21-10-12-26(36)18-29(37)42-30(22(2)11-13-27(21)28-19-34(6)14-15-35(28)31(38)39)23(3)16-24-8-7-9-25(17-24)20-41-32(40)33(4)5/h7-9,11,13,16-17,21-22,26-28,30,36H,10,12,14-15,18-20H2,1-6H3,(H,38,39)/b13-11+,23-16+/t21-,22-,26+,27-,28?,30-/m0/s1. The van der Waals surface area contributed by atoms with Crippen LogP contribution < -0.4 is 0 Å². The van der Waals surface area contributed by atoms with E-state index >= 15 is 0 Å². The molecule has 1 fully saturated rings. The van der Waals surface area contributed by atoms with Crippen LogP contribution in [0.4, 0.5) is 9.59 Å². The van der Waals surface area contributed by atoms with E-state index in [1.807, 2.05) is 57.3 Å². The van der Waals surface area contributed by atoms with E-state index in [9.17, 15) is 24.6 Å². The number of nitrogens with zero attached hydrogens (tertiary/aromatic N) is 3. The van der Waals surface area contributed by atoms with Crippen molar-refractivity contribution in [2.24, 2.45) is 17.8 Å². The highest BCUT2D eigenvalue weighted by Crippen LogP contribution is 2.31. The molecule has 2 N–H and O–H groups in total. The Hall–Kier alpha value is -3.37. The average Bonchev–Trinajstić information content (AvgIpc) is 2.92. The Morgan fingerprint density at radius 3 is 2.60 bits per heavy atom. The van der Waals surface area contributed by atoms with Gasteiger partial charge in [0.1, 0.15) is 12.7 Å². The molecule has 0 aliphatic carbocycles. The number of likely N-dealkylation sites (N-methyl/N-ethyl adjacent to an activating group) is 1. The Morgan fingerprint density at radius 2 is 1.90 bits per heavy atom. The van der Waals surface area contributed by atoms with Gasteiger partial charge in [0.25, 0.3) is 0 Å². The molecule has 0 radical (unpaired) electrons. The number of carbonyl (C=O) groups excluding carboxylic acids is 2. The largest absolute Gasteiger partial charge is 0.465 e. The van der Waals surface area contributed by atoms with E-state index in [1.165, 1.54) is 4.90 Å². The second-order valence-electron chi connectivity index (χ2n) is 12.0. The molecule has 10 nitrogen and oxygen atoms in total. The number of rotatable bonds is 5. The molecule has 2 amide bonds. The summed E-state index contributed by atoms with van der Waals surface area (Å²) in [6.07, 6.45) is 4.31. The monoisotopic (exact) mass is 585 g/mol. The minimum Gasteiger partial charge on any atom is -0.465 e. The van der Waals surface area contributed by atoms with E-state index in [2.05, 4.69) is 17.9 Å². The maximum Gasteiger partial charge on any atom is 0.409 e. The lowest BCUT2D eigenvalue weighted by Gasteiger charge is -2.43. The normalized spacial score (nSPS) is 29.1. The summed E-state index contributed by atoms with van der Waals surface area (Å²) in [7, 11) is 5.26. The summed E-state index contributed by atoms with van der Waals surface area (Å²) in [5.74, 6) is -0.641. The molecule has 10 heteroatoms. The van der Waals surface area contributed by atoms with E-state index in [0.29, 0.717) is 32.5 Å². The second-order valence-corrected chi connectivity index (χ2v) is 12.0. The number of carboxylic acid groups (broad SMARTS) is 1. The number of cyclic esters (lactones) is 1. The van der Waals surface area contributed by atoms with Crippen molar-refractivity contribution >= 4 is 24.2 Å². The highest BCUT2D eigenvalue weighted by molar-refractivity contribution is 5.71. The summed E-state index contributed by atoms with van der Waals surface area (Å²) < 4.78 is 11.3. The first kappa shape index (κ1) is 33.1. The third-order valence-corrected chi connectivity index (χ3v) is 8.22. The molecule has 232 valence electrons. The van der Waals surface area contributed by atoms with Crippen molar-refractivity contribution in [3.63, 3.8) is 0 Å². The Bertz CT molecular complexity index is 1150. The van der Waals surface area contributed by atoms with Crippen molar-refractivity contribution in [3.05, 3.63) is 53.1 Å². The van der Waals surface area contributed by atoms with Crippen LogP contribution in [0.3, 0.4) is 0 Å². The molecular weight excluding hydrogens is 538 g/mol. The molecule has 2 aliphatic heterocycles. The number of hydrogen-bond acceptors (Lipinski definition) is 7. The molecule has 1 saturated heterocycles. The van der Waals surface area contributed by atoms with E-state index in [1.54, 1.807) is 19.0 Å². The topological polar surface area (TPSA) is 120 Å². The maximum atomic E-state index is 12.9. The number of benzene rings is 1. The van der Waals surface area contributed by atoms with Crippen LogP contribution in [0.25, 0.3) is 6.08 Å². The van der Waals surface area contributed by atoms with Gasteiger partial charge in [-0.15, -0.1) is 0 Å². The van der Waals surface area contributed by atoms with Crippen molar-refractivity contribution < 1.29 is 34.1 Å². The zero-order chi connectivity index (χ0) is 31.0. The number of carbonyl (C=O) groups is 3. The summed E-state index contributed by atoms with van der Waals surface area (Å²) >= 11 is 0. The number of amides is 2. The minimum atomic E-state index is -0.919. The highest BCUT2D eigenvalue weighted by Gasteiger charge is 2.37. The quantitative estimate of drug-likeness (QED) is 0.383. The molecule has 0 bridgehead atoms. The Labute approximate surface area is 249 Å². The first-order valence-electron chi connectivity index (χ1n) is 14.7. The van der Waals surface area contributed by atoms with Crippen LogP contribution in [-0.4, -0.2) is 102 Å². The average molecular weight is 586 g/mol. The van der Waals surface area contributed by atoms with Crippen molar-refractivity contribution in [3.8, 4) is 0 Å². The van der Waals surface area contributed by atoms with E-state index in [4.69, 9.17) is 9.47 Å². The molecule has 3 rings (SSSR count). The molecular formula is C32H47N3O7. The van der Waals surface area contributed by atoms with Crippen LogP contribution in [0.15, 0.2) is 42.0 Å². The predicted molar refractivity (Wildman–Crippen MR) is 161 cm³/mol. The van der Waals surface area contributed by atoms with Crippen LogP contribution in [0.2, 0.25) is 0 Å². The number of piperazine rings is 1. The fourth-order valence-electron chi connectivity index (χ4n) is 5.76. The lowest BCUT2D eigenvalue weighted by molar-refractivity contribution is -0.151. The first-order valence-corrected chi connectivity index (χ1v) is 14.7. The van der Waals surface area contributed by atoms with Gasteiger partial charge in [0.2, 0.25) is 0 Å². The lowest BCUT2D eigenvalue weighted by Crippen LogP contribution is -2.57. The third kappa shape index (κ3) is 9.32. The lowest BCUT2D eigenvalue weighted by atomic mass is 9.80. The summed E-state index contributed by atoms with van der Waals surface area (Å²) in [6, 6.07) is 7.39. The Morgan fingerprint density at radius 1 is 1.17 bits per heavy atom. The molecule has 1 aromatic rings. The number of esters is 1. The SMILES string of the molecule is C/C(=C\c1cccc(COC(=O)N(C)C)c1)[C@H]1OC(=O)C[C@H](O)CC[C@H](C)[C@@H](C2CN(C)CCN2C(=O)O)/C=C/[C@@H]1C. The Balaban J connectivity index is 1.90. The van der Waals surface area contributed by atoms with Crippen molar-refractivity contribution in [1.82, 2.24) is 14.7 Å². The van der Waals surface area contributed by atoms with Gasteiger partial charge in [0, 0.05) is 45.6 Å². The van der Waals surface area contributed by atoms with Crippen LogP contribution in [0, 0.1) is 17.8 Å². The van der Waals surface area contributed by atoms with Crippen molar-refractivity contribution in [2.45, 2.75) is 64.9 Å². The second kappa shape index (κ2) is 15.2. The molecule has 2 aliphatic rings. The Kier molecular flexibility index (Phi) is 12.0. The molecule has 42 heavy (non-hydrogen) atoms. The van der Waals surface area contributed by atoms with Gasteiger partial charge in [0.15, 0.2) is 0 Å². The minimum absolute atomic E-state index is 0.0693. The summed E-state index contributed by atoms with van der Waals surface area (Å²) in [5, 5.41) is 20.6. The molecule has 0 saturated carbocycles. The predicted octanol–water partition coefficient (Wildman–Crippen LogP) is 4.48. The zero-order valence-corrected chi connectivity index (χ0v) is 25.7. The van der Waals surface area contributed by atoms with Crippen LogP contribution in [0.5, 0.6) is 0 Å². The smallest absolute Gasteiger partial charge is 0.409 e. The zero-order valence-electron chi connectivity index (χ0n) is 25.7. The molecule has 2 heterocycles. The fraction of sp³-hybridized carbons (Fsp3) is 0.594. The molecule has 1 unspecified atom stereocenters. The van der Waals surface area contributed by atoms with Crippen LogP contribution in [-0.2, 0) is 20.9 Å². The van der Waals surface area contributed by atoms with Gasteiger partial charge in [-0.05, 0) is 55.5 Å². The number of aliphatic hydroxyl groups excluding tert-OH is 1. The van der Waals surface area contributed by atoms with E-state index in [-0.39, 0.29) is 36.8 Å². The molecule has 0 aromatic heterocycles. The molecule has 0 spiro atoms. The first-order chi connectivity index (χ1) is 19.8. The van der Waals surface area contributed by atoms with Gasteiger partial charge < -0.3 is 34.4 Å². The molecule has 6 atom stereocenters. The molecule has 1 aromatic carbocycles. The van der Waals surface area contributed by atoms with Crippen LogP contribution in [0.1, 0.15) is 51.2 Å². The van der Waals surface area contributed by atoms with Gasteiger partial charge in [0.05, 0.1) is 18.6 Å². The van der Waals surface area contributed by atoms with E-state index in [0.717, 1.165) is 16.7 Å².